The number of nitrogens with one attached hydrogen (secondary N) is 1. The van der Waals surface area contributed by atoms with E-state index < -0.39 is 17.6 Å². The molecule has 3 aromatic rings. The quantitative estimate of drug-likeness (QED) is 0.228. The zero-order valence-electron chi connectivity index (χ0n) is 17.7. The second-order valence-electron chi connectivity index (χ2n) is 7.33. The molecule has 0 bridgehead atoms. The van der Waals surface area contributed by atoms with E-state index in [4.69, 9.17) is 4.74 Å². The molecule has 0 unspecified atom stereocenters. The Kier molecular flexibility index (Phi) is 7.52. The lowest BCUT2D eigenvalue weighted by Crippen LogP contribution is -2.51. The third kappa shape index (κ3) is 5.16. The highest BCUT2D eigenvalue weighted by molar-refractivity contribution is 5.98. The zero-order valence-corrected chi connectivity index (χ0v) is 17.7. The SMILES string of the molecule is C=CCOC(=O)CC(=O)[C@H](C)NC(c1ccccc1)(c1ccccc1)c1ccccc1. The van der Waals surface area contributed by atoms with Crippen LogP contribution < -0.4 is 5.32 Å². The van der Waals surface area contributed by atoms with E-state index in [0.29, 0.717) is 0 Å². The number of ether oxygens (including phenoxy) is 1. The van der Waals surface area contributed by atoms with Gasteiger partial charge in [-0.1, -0.05) is 104 Å². The van der Waals surface area contributed by atoms with E-state index >= 15 is 0 Å². The molecule has 0 saturated heterocycles. The normalized spacial score (nSPS) is 12.0. The Balaban J connectivity index is 2.05. The molecule has 0 amide bonds. The molecular formula is C27H27NO3. The van der Waals surface area contributed by atoms with Crippen molar-refractivity contribution in [3.63, 3.8) is 0 Å². The van der Waals surface area contributed by atoms with Crippen molar-refractivity contribution in [1.29, 1.82) is 0 Å². The summed E-state index contributed by atoms with van der Waals surface area (Å²) >= 11 is 0. The van der Waals surface area contributed by atoms with Crippen molar-refractivity contribution in [1.82, 2.24) is 5.32 Å². The molecule has 4 heteroatoms. The molecule has 0 spiro atoms. The van der Waals surface area contributed by atoms with E-state index in [1.165, 1.54) is 6.08 Å². The molecule has 0 radical (unpaired) electrons. The van der Waals surface area contributed by atoms with Crippen LogP contribution in [0.4, 0.5) is 0 Å². The fourth-order valence-electron chi connectivity index (χ4n) is 3.72. The molecule has 0 heterocycles. The topological polar surface area (TPSA) is 55.4 Å². The van der Waals surface area contributed by atoms with E-state index in [0.717, 1.165) is 16.7 Å². The molecule has 3 rings (SSSR count). The smallest absolute Gasteiger partial charge is 0.313 e. The number of hydrogen-bond acceptors (Lipinski definition) is 4. The van der Waals surface area contributed by atoms with Gasteiger partial charge in [-0.05, 0) is 23.6 Å². The molecule has 0 aliphatic heterocycles. The van der Waals surface area contributed by atoms with Gasteiger partial charge in [0.15, 0.2) is 5.78 Å². The number of hydrogen-bond donors (Lipinski definition) is 1. The van der Waals surface area contributed by atoms with Crippen molar-refractivity contribution < 1.29 is 14.3 Å². The van der Waals surface area contributed by atoms with Crippen LogP contribution in [0, 0.1) is 0 Å². The molecule has 0 saturated carbocycles. The van der Waals surface area contributed by atoms with Gasteiger partial charge in [0, 0.05) is 0 Å². The van der Waals surface area contributed by atoms with Gasteiger partial charge in [0.25, 0.3) is 0 Å². The number of Topliss-reactive ketones (excluding diaryl/α,β-unsaturated/α-hetero) is 1. The molecule has 1 N–H and O–H groups in total. The van der Waals surface area contributed by atoms with Crippen LogP contribution in [0.5, 0.6) is 0 Å². The minimum absolute atomic E-state index is 0.0932. The Labute approximate surface area is 183 Å². The average Bonchev–Trinajstić information content (AvgIpc) is 2.82. The lowest BCUT2D eigenvalue weighted by Gasteiger charge is -2.39. The minimum atomic E-state index is -0.774. The molecule has 1 atom stereocenters. The van der Waals surface area contributed by atoms with Crippen LogP contribution in [-0.2, 0) is 19.9 Å². The Bertz CT molecular complexity index is 904. The molecule has 4 nitrogen and oxygen atoms in total. The average molecular weight is 414 g/mol. The van der Waals surface area contributed by atoms with Crippen LogP contribution in [0.2, 0.25) is 0 Å². The van der Waals surface area contributed by atoms with E-state index in [1.807, 2.05) is 91.0 Å². The van der Waals surface area contributed by atoms with E-state index in [1.54, 1.807) is 6.92 Å². The van der Waals surface area contributed by atoms with Crippen LogP contribution in [0.3, 0.4) is 0 Å². The lowest BCUT2D eigenvalue weighted by molar-refractivity contribution is -0.145. The number of ketones is 1. The molecule has 158 valence electrons. The summed E-state index contributed by atoms with van der Waals surface area (Å²) in [5, 5.41) is 3.56. The molecular weight excluding hydrogens is 386 g/mol. The summed E-state index contributed by atoms with van der Waals surface area (Å²) in [7, 11) is 0. The predicted octanol–water partition coefficient (Wildman–Crippen LogP) is 4.65. The summed E-state index contributed by atoms with van der Waals surface area (Å²) in [5.74, 6) is -0.787. The Morgan fingerprint density at radius 3 is 1.68 bits per heavy atom. The van der Waals surface area contributed by atoms with Gasteiger partial charge in [0.2, 0.25) is 0 Å². The predicted molar refractivity (Wildman–Crippen MR) is 123 cm³/mol. The van der Waals surface area contributed by atoms with Crippen molar-refractivity contribution in [2.45, 2.75) is 24.9 Å². The number of carbonyl (C=O) groups is 2. The molecule has 0 fully saturated rings. The second kappa shape index (κ2) is 10.5. The molecule has 3 aromatic carbocycles. The van der Waals surface area contributed by atoms with Gasteiger partial charge < -0.3 is 4.74 Å². The summed E-state index contributed by atoms with van der Waals surface area (Å²) in [4.78, 5) is 24.9. The minimum Gasteiger partial charge on any atom is -0.461 e. The maximum Gasteiger partial charge on any atom is 0.313 e. The van der Waals surface area contributed by atoms with E-state index in [2.05, 4.69) is 11.9 Å². The number of carbonyl (C=O) groups excluding carboxylic acids is 2. The Morgan fingerprint density at radius 1 is 0.871 bits per heavy atom. The first-order chi connectivity index (χ1) is 15.1. The lowest BCUT2D eigenvalue weighted by atomic mass is 9.76. The van der Waals surface area contributed by atoms with Gasteiger partial charge in [-0.3, -0.25) is 14.9 Å². The first-order valence-electron chi connectivity index (χ1n) is 10.3. The molecule has 0 aliphatic rings. The fraction of sp³-hybridized carbons (Fsp3) is 0.185. The fourth-order valence-corrected chi connectivity index (χ4v) is 3.72. The third-order valence-electron chi connectivity index (χ3n) is 5.22. The maximum absolute atomic E-state index is 12.9. The van der Waals surface area contributed by atoms with Crippen LogP contribution >= 0.6 is 0 Å². The van der Waals surface area contributed by atoms with Crippen LogP contribution in [0.25, 0.3) is 0 Å². The van der Waals surface area contributed by atoms with E-state index in [9.17, 15) is 9.59 Å². The molecule has 0 aromatic heterocycles. The third-order valence-corrected chi connectivity index (χ3v) is 5.22. The van der Waals surface area contributed by atoms with Gasteiger partial charge in [-0.2, -0.15) is 0 Å². The molecule has 0 aliphatic carbocycles. The van der Waals surface area contributed by atoms with E-state index in [-0.39, 0.29) is 18.8 Å². The van der Waals surface area contributed by atoms with Crippen LogP contribution in [-0.4, -0.2) is 24.4 Å². The van der Waals surface area contributed by atoms with Crippen molar-refractivity contribution in [3.05, 3.63) is 120 Å². The zero-order chi connectivity index (χ0) is 22.1. The summed E-state index contributed by atoms with van der Waals surface area (Å²) in [5.41, 5.74) is 2.23. The van der Waals surface area contributed by atoms with Crippen molar-refractivity contribution in [3.8, 4) is 0 Å². The van der Waals surface area contributed by atoms with Crippen molar-refractivity contribution >= 4 is 11.8 Å². The number of benzene rings is 3. The standard InChI is InChI=1S/C27H27NO3/c1-3-19-31-26(30)20-25(29)21(2)28-27(22-13-7-4-8-14-22,23-15-9-5-10-16-23)24-17-11-6-12-18-24/h3-18,21,28H,1,19-20H2,2H3/t21-/m0/s1. The van der Waals surface area contributed by atoms with Crippen LogP contribution in [0.1, 0.15) is 30.0 Å². The number of rotatable bonds is 10. The van der Waals surface area contributed by atoms with Crippen LogP contribution in [0.15, 0.2) is 104 Å². The first-order valence-corrected chi connectivity index (χ1v) is 10.3. The summed E-state index contributed by atoms with van der Waals surface area (Å²) in [6.07, 6.45) is 1.19. The summed E-state index contributed by atoms with van der Waals surface area (Å²) in [6, 6.07) is 29.5. The molecule has 31 heavy (non-hydrogen) atoms. The van der Waals surface area contributed by atoms with Gasteiger partial charge in [-0.25, -0.2) is 0 Å². The maximum atomic E-state index is 12.9. The van der Waals surface area contributed by atoms with Gasteiger partial charge in [-0.15, -0.1) is 0 Å². The van der Waals surface area contributed by atoms with Gasteiger partial charge in [0.1, 0.15) is 13.0 Å². The summed E-state index contributed by atoms with van der Waals surface area (Å²) < 4.78 is 4.99. The highest BCUT2D eigenvalue weighted by atomic mass is 16.5. The highest BCUT2D eigenvalue weighted by Gasteiger charge is 2.38. The largest absolute Gasteiger partial charge is 0.461 e. The summed E-state index contributed by atoms with van der Waals surface area (Å²) in [6.45, 7) is 5.40. The Hall–Kier alpha value is -3.50. The Morgan fingerprint density at radius 2 is 1.29 bits per heavy atom. The first kappa shape index (κ1) is 22.2. The second-order valence-corrected chi connectivity index (χ2v) is 7.33. The number of esters is 1. The monoisotopic (exact) mass is 413 g/mol. The van der Waals surface area contributed by atoms with Gasteiger partial charge >= 0.3 is 5.97 Å². The van der Waals surface area contributed by atoms with Crippen molar-refractivity contribution in [2.75, 3.05) is 6.61 Å². The van der Waals surface area contributed by atoms with Gasteiger partial charge in [0.05, 0.1) is 11.6 Å². The van der Waals surface area contributed by atoms with Crippen molar-refractivity contribution in [2.24, 2.45) is 0 Å². The highest BCUT2D eigenvalue weighted by Crippen LogP contribution is 2.37.